The van der Waals surface area contributed by atoms with Crippen LogP contribution in [0.3, 0.4) is 0 Å². The number of halogens is 3. The van der Waals surface area contributed by atoms with Crippen molar-refractivity contribution in [2.45, 2.75) is 26.1 Å². The first-order valence-corrected chi connectivity index (χ1v) is 5.51. The summed E-state index contributed by atoms with van der Waals surface area (Å²) in [4.78, 5) is 1.92. The summed E-state index contributed by atoms with van der Waals surface area (Å²) >= 11 is 0. The number of alkyl halides is 3. The highest BCUT2D eigenvalue weighted by Gasteiger charge is 2.32. The molecule has 0 spiro atoms. The fourth-order valence-corrected chi connectivity index (χ4v) is 1.73. The average Bonchev–Trinajstić information content (AvgIpc) is 2.27. The number of anilines is 1. The standard InChI is InChI=1S/C12H17F3N2/c1-3-6-17(2)10-4-5-11(12(13,14)15)9(7-10)8-16/h4-5,7H,3,6,8,16H2,1-2H3. The molecule has 0 radical (unpaired) electrons. The van der Waals surface area contributed by atoms with Gasteiger partial charge in [0, 0.05) is 25.8 Å². The number of benzene rings is 1. The van der Waals surface area contributed by atoms with Crippen molar-refractivity contribution >= 4 is 5.69 Å². The van der Waals surface area contributed by atoms with E-state index in [2.05, 4.69) is 0 Å². The molecule has 17 heavy (non-hydrogen) atoms. The molecule has 0 atom stereocenters. The first-order chi connectivity index (χ1) is 7.90. The van der Waals surface area contributed by atoms with Crippen molar-refractivity contribution in [3.63, 3.8) is 0 Å². The van der Waals surface area contributed by atoms with Crippen LogP contribution >= 0.6 is 0 Å². The van der Waals surface area contributed by atoms with E-state index in [4.69, 9.17) is 5.73 Å². The lowest BCUT2D eigenvalue weighted by Crippen LogP contribution is -2.19. The first kappa shape index (κ1) is 13.8. The van der Waals surface area contributed by atoms with E-state index in [1.54, 1.807) is 0 Å². The third-order valence-corrected chi connectivity index (χ3v) is 2.61. The molecular formula is C12H17F3N2. The van der Waals surface area contributed by atoms with Crippen LogP contribution in [0.4, 0.5) is 18.9 Å². The van der Waals surface area contributed by atoms with Gasteiger partial charge in [0.05, 0.1) is 5.56 Å². The van der Waals surface area contributed by atoms with Crippen molar-refractivity contribution in [3.8, 4) is 0 Å². The lowest BCUT2D eigenvalue weighted by Gasteiger charge is -2.21. The monoisotopic (exact) mass is 246 g/mol. The second-order valence-electron chi connectivity index (χ2n) is 3.96. The summed E-state index contributed by atoms with van der Waals surface area (Å²) in [5, 5.41) is 0. The Morgan fingerprint density at radius 2 is 1.94 bits per heavy atom. The molecule has 0 aliphatic rings. The van der Waals surface area contributed by atoms with Crippen molar-refractivity contribution in [3.05, 3.63) is 29.3 Å². The van der Waals surface area contributed by atoms with E-state index < -0.39 is 11.7 Å². The van der Waals surface area contributed by atoms with Gasteiger partial charge >= 0.3 is 6.18 Å². The molecule has 0 bridgehead atoms. The predicted molar refractivity (Wildman–Crippen MR) is 62.9 cm³/mol. The van der Waals surface area contributed by atoms with Crippen LogP contribution in [-0.2, 0) is 12.7 Å². The Bertz CT molecular complexity index is 375. The van der Waals surface area contributed by atoms with Crippen LogP contribution in [0.15, 0.2) is 18.2 Å². The Morgan fingerprint density at radius 1 is 1.29 bits per heavy atom. The van der Waals surface area contributed by atoms with Gasteiger partial charge in [-0.15, -0.1) is 0 Å². The molecule has 0 saturated heterocycles. The maximum atomic E-state index is 12.6. The summed E-state index contributed by atoms with van der Waals surface area (Å²) in [5.41, 5.74) is 5.63. The van der Waals surface area contributed by atoms with E-state index in [9.17, 15) is 13.2 Å². The van der Waals surface area contributed by atoms with Crippen molar-refractivity contribution in [2.75, 3.05) is 18.5 Å². The highest BCUT2D eigenvalue weighted by atomic mass is 19.4. The molecule has 1 aromatic rings. The minimum Gasteiger partial charge on any atom is -0.375 e. The average molecular weight is 246 g/mol. The third kappa shape index (κ3) is 3.36. The fourth-order valence-electron chi connectivity index (χ4n) is 1.73. The largest absolute Gasteiger partial charge is 0.416 e. The summed E-state index contributed by atoms with van der Waals surface area (Å²) in [6.45, 7) is 2.71. The highest BCUT2D eigenvalue weighted by Crippen LogP contribution is 2.33. The maximum absolute atomic E-state index is 12.6. The first-order valence-electron chi connectivity index (χ1n) is 5.51. The number of hydrogen-bond acceptors (Lipinski definition) is 2. The molecule has 0 aliphatic carbocycles. The molecule has 1 aromatic carbocycles. The maximum Gasteiger partial charge on any atom is 0.416 e. The summed E-state index contributed by atoms with van der Waals surface area (Å²) in [7, 11) is 1.85. The normalized spacial score (nSPS) is 11.6. The third-order valence-electron chi connectivity index (χ3n) is 2.61. The molecule has 0 aliphatic heterocycles. The second-order valence-corrected chi connectivity index (χ2v) is 3.96. The number of hydrogen-bond donors (Lipinski definition) is 1. The van der Waals surface area contributed by atoms with Crippen LogP contribution in [0.5, 0.6) is 0 Å². The van der Waals surface area contributed by atoms with Gasteiger partial charge < -0.3 is 10.6 Å². The minimum absolute atomic E-state index is 0.108. The number of rotatable bonds is 4. The van der Waals surface area contributed by atoms with Gasteiger partial charge in [0.15, 0.2) is 0 Å². The Labute approximate surface area is 99.2 Å². The van der Waals surface area contributed by atoms with E-state index in [0.717, 1.165) is 24.7 Å². The summed E-state index contributed by atoms with van der Waals surface area (Å²) in [6, 6.07) is 4.10. The van der Waals surface area contributed by atoms with Gasteiger partial charge in [-0.05, 0) is 30.2 Å². The van der Waals surface area contributed by atoms with E-state index in [1.165, 1.54) is 12.1 Å². The molecule has 5 heteroatoms. The van der Waals surface area contributed by atoms with Crippen LogP contribution in [0, 0.1) is 0 Å². The van der Waals surface area contributed by atoms with Crippen molar-refractivity contribution in [2.24, 2.45) is 5.73 Å². The molecule has 96 valence electrons. The molecule has 0 unspecified atom stereocenters. The topological polar surface area (TPSA) is 29.3 Å². The molecular weight excluding hydrogens is 229 g/mol. The van der Waals surface area contributed by atoms with Crippen LogP contribution in [0.1, 0.15) is 24.5 Å². The van der Waals surface area contributed by atoms with Gasteiger partial charge in [0.1, 0.15) is 0 Å². The SMILES string of the molecule is CCCN(C)c1ccc(C(F)(F)F)c(CN)c1. The molecule has 0 amide bonds. The summed E-state index contributed by atoms with van der Waals surface area (Å²) < 4.78 is 37.9. The van der Waals surface area contributed by atoms with E-state index in [1.807, 2.05) is 18.9 Å². The minimum atomic E-state index is -4.34. The van der Waals surface area contributed by atoms with Gasteiger partial charge in [-0.3, -0.25) is 0 Å². The van der Waals surface area contributed by atoms with Crippen molar-refractivity contribution in [1.82, 2.24) is 0 Å². The molecule has 0 heterocycles. The highest BCUT2D eigenvalue weighted by molar-refractivity contribution is 5.51. The van der Waals surface area contributed by atoms with Crippen LogP contribution in [0.2, 0.25) is 0 Å². The van der Waals surface area contributed by atoms with Crippen molar-refractivity contribution < 1.29 is 13.2 Å². The summed E-state index contributed by atoms with van der Waals surface area (Å²) in [5.74, 6) is 0. The number of nitrogens with two attached hydrogens (primary N) is 1. The molecule has 2 nitrogen and oxygen atoms in total. The Kier molecular flexibility index (Phi) is 4.40. The van der Waals surface area contributed by atoms with Gasteiger partial charge in [-0.2, -0.15) is 13.2 Å². The van der Waals surface area contributed by atoms with Crippen LogP contribution in [-0.4, -0.2) is 13.6 Å². The Balaban J connectivity index is 3.09. The molecule has 2 N–H and O–H groups in total. The lowest BCUT2D eigenvalue weighted by atomic mass is 10.1. The van der Waals surface area contributed by atoms with E-state index in [-0.39, 0.29) is 12.1 Å². The molecule has 0 aromatic heterocycles. The van der Waals surface area contributed by atoms with E-state index >= 15 is 0 Å². The molecule has 0 saturated carbocycles. The quantitative estimate of drug-likeness (QED) is 0.884. The molecule has 1 rings (SSSR count). The van der Waals surface area contributed by atoms with Crippen LogP contribution < -0.4 is 10.6 Å². The van der Waals surface area contributed by atoms with Crippen molar-refractivity contribution in [1.29, 1.82) is 0 Å². The van der Waals surface area contributed by atoms with Gasteiger partial charge in [-0.25, -0.2) is 0 Å². The Morgan fingerprint density at radius 3 is 2.41 bits per heavy atom. The van der Waals surface area contributed by atoms with Gasteiger partial charge in [0.25, 0.3) is 0 Å². The fraction of sp³-hybridized carbons (Fsp3) is 0.500. The lowest BCUT2D eigenvalue weighted by molar-refractivity contribution is -0.138. The number of nitrogens with zero attached hydrogens (tertiary/aromatic N) is 1. The zero-order valence-corrected chi connectivity index (χ0v) is 10.0. The smallest absolute Gasteiger partial charge is 0.375 e. The predicted octanol–water partition coefficient (Wildman–Crippen LogP) is 3.01. The zero-order valence-electron chi connectivity index (χ0n) is 10.0. The van der Waals surface area contributed by atoms with Gasteiger partial charge in [-0.1, -0.05) is 6.92 Å². The van der Waals surface area contributed by atoms with E-state index in [0.29, 0.717) is 0 Å². The molecule has 0 fully saturated rings. The zero-order chi connectivity index (χ0) is 13.1. The van der Waals surface area contributed by atoms with Crippen LogP contribution in [0.25, 0.3) is 0 Å². The second kappa shape index (κ2) is 5.40. The Hall–Kier alpha value is -1.23. The van der Waals surface area contributed by atoms with Gasteiger partial charge in [0.2, 0.25) is 0 Å². The summed E-state index contributed by atoms with van der Waals surface area (Å²) in [6.07, 6.45) is -3.40.